The number of carbonyl (C=O) groups excluding carboxylic acids is 1. The molecule has 22 heavy (non-hydrogen) atoms. The van der Waals surface area contributed by atoms with Crippen LogP contribution in [0.5, 0.6) is 17.2 Å². The Hall–Kier alpha value is -1.91. The lowest BCUT2D eigenvalue weighted by Crippen LogP contribution is -2.03. The normalized spacial score (nSPS) is 16.2. The maximum Gasteiger partial charge on any atom is 0.339 e. The summed E-state index contributed by atoms with van der Waals surface area (Å²) in [6.07, 6.45) is 5.04. The van der Waals surface area contributed by atoms with Gasteiger partial charge >= 0.3 is 5.97 Å². The molecule has 1 unspecified atom stereocenters. The van der Waals surface area contributed by atoms with Gasteiger partial charge in [-0.05, 0) is 18.9 Å². The van der Waals surface area contributed by atoms with Crippen LogP contribution < -0.4 is 14.2 Å². The second-order valence-corrected chi connectivity index (χ2v) is 5.35. The van der Waals surface area contributed by atoms with Crippen LogP contribution in [0.3, 0.4) is 0 Å². The summed E-state index contributed by atoms with van der Waals surface area (Å²) < 4.78 is 21.7. The van der Waals surface area contributed by atoms with Gasteiger partial charge in [0, 0.05) is 0 Å². The highest BCUT2D eigenvalue weighted by molar-refractivity contribution is 5.96. The van der Waals surface area contributed by atoms with E-state index in [0.717, 1.165) is 24.8 Å². The van der Waals surface area contributed by atoms with Gasteiger partial charge in [0.25, 0.3) is 0 Å². The van der Waals surface area contributed by atoms with Crippen LogP contribution in [-0.2, 0) is 4.74 Å². The number of benzene rings is 1. The van der Waals surface area contributed by atoms with E-state index in [4.69, 9.17) is 18.9 Å². The Morgan fingerprint density at radius 3 is 2.36 bits per heavy atom. The SMILES string of the molecule is CCCCCCC1OC(=O)c2cc(OC)c(OC)c(OC)c21. The van der Waals surface area contributed by atoms with Crippen molar-refractivity contribution < 1.29 is 23.7 Å². The van der Waals surface area contributed by atoms with Crippen LogP contribution in [0.25, 0.3) is 0 Å². The van der Waals surface area contributed by atoms with Gasteiger partial charge in [-0.1, -0.05) is 26.2 Å². The van der Waals surface area contributed by atoms with Gasteiger partial charge in [0.05, 0.1) is 32.5 Å². The minimum absolute atomic E-state index is 0.269. The van der Waals surface area contributed by atoms with Gasteiger partial charge in [0.15, 0.2) is 11.5 Å². The first kappa shape index (κ1) is 16.5. The highest BCUT2D eigenvalue weighted by Gasteiger charge is 2.37. The van der Waals surface area contributed by atoms with Gasteiger partial charge in [-0.15, -0.1) is 0 Å². The fourth-order valence-electron chi connectivity index (χ4n) is 2.88. The van der Waals surface area contributed by atoms with Crippen LogP contribution in [0.2, 0.25) is 0 Å². The fourth-order valence-corrected chi connectivity index (χ4v) is 2.88. The molecule has 1 atom stereocenters. The summed E-state index contributed by atoms with van der Waals surface area (Å²) in [7, 11) is 4.65. The summed E-state index contributed by atoms with van der Waals surface area (Å²) in [6.45, 7) is 2.17. The third-order valence-corrected chi connectivity index (χ3v) is 3.98. The van der Waals surface area contributed by atoms with Crippen molar-refractivity contribution in [3.8, 4) is 17.2 Å². The monoisotopic (exact) mass is 308 g/mol. The number of hydrogen-bond acceptors (Lipinski definition) is 5. The molecule has 0 amide bonds. The third kappa shape index (κ3) is 2.98. The number of ether oxygens (including phenoxy) is 4. The molecule has 0 saturated carbocycles. The van der Waals surface area contributed by atoms with Crippen LogP contribution >= 0.6 is 0 Å². The molecule has 122 valence electrons. The second-order valence-electron chi connectivity index (χ2n) is 5.35. The van der Waals surface area contributed by atoms with Crippen molar-refractivity contribution in [3.05, 3.63) is 17.2 Å². The molecule has 1 aromatic rings. The first-order valence-electron chi connectivity index (χ1n) is 7.71. The Bertz CT molecular complexity index is 538. The number of methoxy groups -OCH3 is 3. The minimum Gasteiger partial charge on any atom is -0.493 e. The Balaban J connectivity index is 2.35. The average Bonchev–Trinajstić information content (AvgIpc) is 2.85. The molecule has 1 heterocycles. The van der Waals surface area contributed by atoms with E-state index in [2.05, 4.69) is 6.92 Å². The predicted octanol–water partition coefficient (Wildman–Crippen LogP) is 3.89. The molecule has 0 spiro atoms. The summed E-state index contributed by atoms with van der Waals surface area (Å²) in [5, 5.41) is 0. The molecule has 5 nitrogen and oxygen atoms in total. The summed E-state index contributed by atoms with van der Waals surface area (Å²) >= 11 is 0. The number of hydrogen-bond donors (Lipinski definition) is 0. The topological polar surface area (TPSA) is 54.0 Å². The van der Waals surface area contributed by atoms with E-state index in [1.54, 1.807) is 20.3 Å². The van der Waals surface area contributed by atoms with Crippen LogP contribution in [0, 0.1) is 0 Å². The molecule has 5 heteroatoms. The molecule has 0 aromatic heterocycles. The predicted molar refractivity (Wildman–Crippen MR) is 83.0 cm³/mol. The lowest BCUT2D eigenvalue weighted by atomic mass is 9.98. The van der Waals surface area contributed by atoms with Crippen molar-refractivity contribution in [2.75, 3.05) is 21.3 Å². The first-order valence-corrected chi connectivity index (χ1v) is 7.71. The van der Waals surface area contributed by atoms with Crippen molar-refractivity contribution in [3.63, 3.8) is 0 Å². The minimum atomic E-state index is -0.324. The molecule has 1 aliphatic heterocycles. The highest BCUT2D eigenvalue weighted by Crippen LogP contribution is 2.49. The maximum atomic E-state index is 12.1. The summed E-state index contributed by atoms with van der Waals surface area (Å²) in [5.41, 5.74) is 1.29. The number of carbonyl (C=O) groups is 1. The molecular weight excluding hydrogens is 284 g/mol. The van der Waals surface area contributed by atoms with Crippen molar-refractivity contribution in [2.45, 2.75) is 45.1 Å². The van der Waals surface area contributed by atoms with Crippen LogP contribution in [0.4, 0.5) is 0 Å². The molecule has 0 radical (unpaired) electrons. The molecule has 0 saturated heterocycles. The molecule has 0 N–H and O–H groups in total. The third-order valence-electron chi connectivity index (χ3n) is 3.98. The molecule has 2 rings (SSSR count). The van der Waals surface area contributed by atoms with E-state index >= 15 is 0 Å². The summed E-state index contributed by atoms with van der Waals surface area (Å²) in [6, 6.07) is 1.67. The van der Waals surface area contributed by atoms with E-state index in [1.165, 1.54) is 20.0 Å². The van der Waals surface area contributed by atoms with Gasteiger partial charge in [0.1, 0.15) is 6.10 Å². The molecule has 1 aliphatic rings. The number of unbranched alkanes of at least 4 members (excludes halogenated alkanes) is 3. The zero-order valence-electron chi connectivity index (χ0n) is 13.7. The number of rotatable bonds is 8. The van der Waals surface area contributed by atoms with Crippen molar-refractivity contribution in [1.82, 2.24) is 0 Å². The zero-order chi connectivity index (χ0) is 16.1. The van der Waals surface area contributed by atoms with E-state index in [1.807, 2.05) is 0 Å². The Labute approximate surface area is 131 Å². The second kappa shape index (κ2) is 7.38. The number of esters is 1. The van der Waals surface area contributed by atoms with Crippen LogP contribution in [0.1, 0.15) is 61.1 Å². The summed E-state index contributed by atoms with van der Waals surface area (Å²) in [5.74, 6) is 1.18. The van der Waals surface area contributed by atoms with Crippen molar-refractivity contribution in [2.24, 2.45) is 0 Å². The number of fused-ring (bicyclic) bond motifs is 1. The number of cyclic esters (lactones) is 1. The average molecular weight is 308 g/mol. The maximum absolute atomic E-state index is 12.1. The van der Waals surface area contributed by atoms with E-state index in [-0.39, 0.29) is 12.1 Å². The molecule has 1 aromatic carbocycles. The van der Waals surface area contributed by atoms with Gasteiger partial charge in [-0.2, -0.15) is 0 Å². The summed E-state index contributed by atoms with van der Waals surface area (Å²) in [4.78, 5) is 12.1. The Morgan fingerprint density at radius 2 is 1.77 bits per heavy atom. The van der Waals surface area contributed by atoms with Gasteiger partial charge in [-0.25, -0.2) is 4.79 Å². The van der Waals surface area contributed by atoms with Crippen LogP contribution in [0.15, 0.2) is 6.07 Å². The Morgan fingerprint density at radius 1 is 1.05 bits per heavy atom. The smallest absolute Gasteiger partial charge is 0.339 e. The van der Waals surface area contributed by atoms with E-state index < -0.39 is 0 Å². The standard InChI is InChI=1S/C17H24O5/c1-5-6-7-8-9-12-14-11(17(18)22-12)10-13(19-2)15(20-3)16(14)21-4/h10,12H,5-9H2,1-4H3. The van der Waals surface area contributed by atoms with Gasteiger partial charge in [-0.3, -0.25) is 0 Å². The zero-order valence-corrected chi connectivity index (χ0v) is 13.7. The quantitative estimate of drug-likeness (QED) is 0.538. The van der Waals surface area contributed by atoms with Gasteiger partial charge in [0.2, 0.25) is 5.75 Å². The lowest BCUT2D eigenvalue weighted by molar-refractivity contribution is 0.0360. The Kier molecular flexibility index (Phi) is 5.52. The first-order chi connectivity index (χ1) is 10.7. The highest BCUT2D eigenvalue weighted by atomic mass is 16.6. The molecule has 0 fully saturated rings. The molecule has 0 aliphatic carbocycles. The molecular formula is C17H24O5. The van der Waals surface area contributed by atoms with Crippen LogP contribution in [-0.4, -0.2) is 27.3 Å². The van der Waals surface area contributed by atoms with E-state index in [0.29, 0.717) is 22.8 Å². The van der Waals surface area contributed by atoms with Crippen molar-refractivity contribution in [1.29, 1.82) is 0 Å². The molecule has 0 bridgehead atoms. The largest absolute Gasteiger partial charge is 0.493 e. The van der Waals surface area contributed by atoms with E-state index in [9.17, 15) is 4.79 Å². The van der Waals surface area contributed by atoms with Gasteiger partial charge < -0.3 is 18.9 Å². The lowest BCUT2D eigenvalue weighted by Gasteiger charge is -2.17. The fraction of sp³-hybridized carbons (Fsp3) is 0.588. The van der Waals surface area contributed by atoms with Crippen molar-refractivity contribution >= 4 is 5.97 Å².